The monoisotopic (exact) mass is 645 g/mol. The third kappa shape index (κ3) is 6.17. The van der Waals surface area contributed by atoms with Crippen molar-refractivity contribution in [2.24, 2.45) is 7.05 Å². The van der Waals surface area contributed by atoms with Crippen molar-refractivity contribution >= 4 is 50.1 Å². The maximum Gasteiger partial charge on any atom is 0.258 e. The van der Waals surface area contributed by atoms with Crippen molar-refractivity contribution < 1.29 is 26.4 Å². The molecule has 0 radical (unpaired) electrons. The van der Waals surface area contributed by atoms with Crippen LogP contribution in [0.25, 0.3) is 39.0 Å². The Hall–Kier alpha value is -5.56. The number of nitrogens with zero attached hydrogens (tertiary/aromatic N) is 2. The number of benzene rings is 3. The molecule has 0 aliphatic carbocycles. The van der Waals surface area contributed by atoms with Crippen molar-refractivity contribution in [3.8, 4) is 22.5 Å². The fraction of sp³-hybridized carbons (Fsp3) is 0.121. The van der Waals surface area contributed by atoms with Crippen molar-refractivity contribution in [2.75, 3.05) is 30.0 Å². The molecule has 5 aromatic rings. The van der Waals surface area contributed by atoms with E-state index in [2.05, 4.69) is 10.6 Å². The molecule has 0 unspecified atom stereocenters. The molecule has 0 aliphatic heterocycles. The average Bonchev–Trinajstić information content (AvgIpc) is 3.41. The van der Waals surface area contributed by atoms with E-state index in [0.29, 0.717) is 27.8 Å². The van der Waals surface area contributed by atoms with Crippen molar-refractivity contribution in [1.82, 2.24) is 9.88 Å². The van der Waals surface area contributed by atoms with E-state index in [-0.39, 0.29) is 33.7 Å². The molecule has 2 aromatic heterocycles. The molecule has 13 heteroatoms. The molecule has 0 bridgehead atoms. The van der Waals surface area contributed by atoms with Crippen molar-refractivity contribution in [3.05, 3.63) is 112 Å². The van der Waals surface area contributed by atoms with Crippen LogP contribution in [0, 0.1) is 17.0 Å². The van der Waals surface area contributed by atoms with Crippen molar-refractivity contribution in [3.63, 3.8) is 0 Å². The summed E-state index contributed by atoms with van der Waals surface area (Å²) in [7, 11) is 0.521. The minimum atomic E-state index is -3.81. The Morgan fingerprint density at radius 1 is 1.00 bits per heavy atom. The summed E-state index contributed by atoms with van der Waals surface area (Å²) < 4.78 is 61.1. The largest absolute Gasteiger partial charge is 0.455 e. The Balaban J connectivity index is 1.77. The fourth-order valence-electron chi connectivity index (χ4n) is 4.93. The molecule has 0 aliphatic rings. The number of carbonyl (C=O) groups excluding carboxylic acids is 1. The highest BCUT2D eigenvalue weighted by molar-refractivity contribution is 7.92. The second kappa shape index (κ2) is 12.4. The molecule has 10 nitrogen and oxygen atoms in total. The maximum atomic E-state index is 13.7. The highest BCUT2D eigenvalue weighted by atomic mass is 32.2. The third-order valence-corrected chi connectivity index (χ3v) is 8.59. The van der Waals surface area contributed by atoms with Gasteiger partial charge in [0.15, 0.2) is 0 Å². The van der Waals surface area contributed by atoms with Gasteiger partial charge in [0.2, 0.25) is 10.0 Å². The number of carbonyl (C=O) groups is 1. The van der Waals surface area contributed by atoms with E-state index in [1.165, 1.54) is 98.8 Å². The molecular weight excluding hydrogens is 616 g/mol. The van der Waals surface area contributed by atoms with E-state index in [4.69, 9.17) is 9.83 Å². The number of fused-ring (bicyclic) bond motifs is 1. The summed E-state index contributed by atoms with van der Waals surface area (Å²) in [6.45, 7) is 0. The molecule has 3 aromatic carbocycles. The van der Waals surface area contributed by atoms with E-state index < -0.39 is 33.1 Å². The molecule has 2 heterocycles. The van der Waals surface area contributed by atoms with Crippen LogP contribution in [0.3, 0.4) is 0 Å². The summed E-state index contributed by atoms with van der Waals surface area (Å²) in [5.74, 6) is -1.23. The van der Waals surface area contributed by atoms with E-state index in [9.17, 15) is 26.8 Å². The summed E-state index contributed by atoms with van der Waals surface area (Å²) in [4.78, 5) is 26.5. The second-order valence-electron chi connectivity index (χ2n) is 10.4. The number of furan rings is 1. The van der Waals surface area contributed by atoms with Gasteiger partial charge in [-0.2, -0.15) is 0 Å². The molecule has 0 saturated heterocycles. The van der Waals surface area contributed by atoms with E-state index in [0.717, 1.165) is 16.8 Å². The smallest absolute Gasteiger partial charge is 0.258 e. The van der Waals surface area contributed by atoms with Gasteiger partial charge in [-0.3, -0.25) is 13.9 Å². The normalized spacial score (nSPS) is 11.8. The zero-order chi connectivity index (χ0) is 33.3. The first kappa shape index (κ1) is 31.9. The molecule has 0 fully saturated rings. The number of pyridine rings is 1. The number of nitrogens with one attached hydrogen (secondary N) is 3. The molecule has 0 saturated carbocycles. The Bertz CT molecular complexity index is 2190. The molecular formula is C33H29F2N5O5S. The predicted octanol–water partition coefficient (Wildman–Crippen LogP) is 5.60. The highest BCUT2D eigenvalue weighted by Gasteiger charge is 2.26. The van der Waals surface area contributed by atoms with Gasteiger partial charge in [0.05, 0.1) is 23.1 Å². The van der Waals surface area contributed by atoms with E-state index in [1.807, 2.05) is 0 Å². The highest BCUT2D eigenvalue weighted by Crippen LogP contribution is 2.41. The lowest BCUT2D eigenvalue weighted by molar-refractivity contribution is 0.0964. The van der Waals surface area contributed by atoms with Crippen molar-refractivity contribution in [1.29, 1.82) is 5.41 Å². The maximum absolute atomic E-state index is 13.7. The molecule has 0 atom stereocenters. The zero-order valence-corrected chi connectivity index (χ0v) is 26.0. The van der Waals surface area contributed by atoms with Gasteiger partial charge in [-0.1, -0.05) is 0 Å². The third-order valence-electron chi connectivity index (χ3n) is 7.40. The van der Waals surface area contributed by atoms with Crippen LogP contribution in [0.2, 0.25) is 0 Å². The number of allylic oxidation sites excluding steroid dienone is 1. The predicted molar refractivity (Wildman–Crippen MR) is 176 cm³/mol. The number of amides is 1. The summed E-state index contributed by atoms with van der Waals surface area (Å²) in [5, 5.41) is 13.9. The number of anilines is 2. The Kier molecular flexibility index (Phi) is 8.62. The Morgan fingerprint density at radius 2 is 1.63 bits per heavy atom. The summed E-state index contributed by atoms with van der Waals surface area (Å²) >= 11 is 0. The number of halogens is 2. The topological polar surface area (TPSA) is 138 Å². The van der Waals surface area contributed by atoms with Crippen molar-refractivity contribution in [2.45, 2.75) is 0 Å². The van der Waals surface area contributed by atoms with Crippen LogP contribution in [0.5, 0.6) is 0 Å². The first-order valence-corrected chi connectivity index (χ1v) is 15.6. The Labute approximate surface area is 263 Å². The molecule has 0 spiro atoms. The van der Waals surface area contributed by atoms with Crippen LogP contribution in [0.4, 0.5) is 20.2 Å². The SMILES string of the molecule is CNC(=O)c1c(-c2ccc(F)cc2)oc2cc(N(C)S(C)(=O)=O)c(-c3cc(/C(C=N)=C/Nc4ccc(F)cc4)c(=O)n(C)c3)cc12. The van der Waals surface area contributed by atoms with Gasteiger partial charge in [-0.15, -0.1) is 0 Å². The molecule has 1 amide bonds. The van der Waals surface area contributed by atoms with Gasteiger partial charge in [0, 0.05) is 79.2 Å². The van der Waals surface area contributed by atoms with E-state index in [1.54, 1.807) is 6.07 Å². The summed E-state index contributed by atoms with van der Waals surface area (Å²) in [5.41, 5.74) is 2.08. The van der Waals surface area contributed by atoms with Gasteiger partial charge in [-0.05, 0) is 60.7 Å². The van der Waals surface area contributed by atoms with Crippen LogP contribution in [0.1, 0.15) is 15.9 Å². The van der Waals surface area contributed by atoms with Crippen LogP contribution in [-0.4, -0.2) is 45.5 Å². The first-order valence-electron chi connectivity index (χ1n) is 13.8. The summed E-state index contributed by atoms with van der Waals surface area (Å²) in [6.07, 6.45) is 4.97. The Morgan fingerprint density at radius 3 is 2.22 bits per heavy atom. The lowest BCUT2D eigenvalue weighted by Crippen LogP contribution is -2.26. The molecule has 3 N–H and O–H groups in total. The minimum absolute atomic E-state index is 0.114. The second-order valence-corrected chi connectivity index (χ2v) is 12.5. The lowest BCUT2D eigenvalue weighted by atomic mass is 9.97. The van der Waals surface area contributed by atoms with E-state index >= 15 is 0 Å². The lowest BCUT2D eigenvalue weighted by Gasteiger charge is -2.21. The number of aryl methyl sites for hydroxylation is 1. The average molecular weight is 646 g/mol. The molecule has 46 heavy (non-hydrogen) atoms. The van der Waals surface area contributed by atoms with Gasteiger partial charge in [0.1, 0.15) is 23.0 Å². The zero-order valence-electron chi connectivity index (χ0n) is 25.2. The van der Waals surface area contributed by atoms with Gasteiger partial charge >= 0.3 is 0 Å². The first-order chi connectivity index (χ1) is 21.8. The number of hydrogen-bond donors (Lipinski definition) is 3. The van der Waals surface area contributed by atoms with Crippen LogP contribution in [-0.2, 0) is 17.1 Å². The van der Waals surface area contributed by atoms with Gasteiger partial charge < -0.3 is 25.0 Å². The fourth-order valence-corrected chi connectivity index (χ4v) is 5.44. The minimum Gasteiger partial charge on any atom is -0.455 e. The number of sulfonamides is 1. The van der Waals surface area contributed by atoms with Crippen LogP contribution >= 0.6 is 0 Å². The number of rotatable bonds is 9. The summed E-state index contributed by atoms with van der Waals surface area (Å²) in [6, 6.07) is 15.5. The molecule has 236 valence electrons. The quantitative estimate of drug-likeness (QED) is 0.179. The van der Waals surface area contributed by atoms with Gasteiger partial charge in [0.25, 0.3) is 11.5 Å². The van der Waals surface area contributed by atoms with Crippen LogP contribution < -0.4 is 20.5 Å². The standard InChI is InChI=1S/C33H29F2N5O5S/c1-37-32(41)30-27-14-25(28(40(3)46(4,43)44)15-29(27)45-31(30)19-5-7-22(34)8-6-19)20-13-26(33(42)39(2)18-20)21(16-36)17-38-24-11-9-23(35)10-12-24/h5-18,36,38H,1-4H3,(H,37,41)/b21-17+,36-16?. The van der Waals surface area contributed by atoms with Gasteiger partial charge in [-0.25, -0.2) is 17.2 Å². The number of hydrogen-bond acceptors (Lipinski definition) is 7. The molecule has 5 rings (SSSR count). The van der Waals surface area contributed by atoms with Crippen LogP contribution in [0.15, 0.2) is 88.3 Å². The number of aromatic nitrogens is 1.